The number of nitrogens with one attached hydrogen (secondary N) is 2. The molecule has 1 aliphatic heterocycles. The zero-order valence-corrected chi connectivity index (χ0v) is 15.2. The highest BCUT2D eigenvalue weighted by atomic mass is 19.4. The molecule has 2 amide bonds. The number of ether oxygens (including phenoxy) is 1. The van der Waals surface area contributed by atoms with E-state index in [0.717, 1.165) is 12.1 Å². The summed E-state index contributed by atoms with van der Waals surface area (Å²) in [4.78, 5) is 18.0. The molecule has 0 atom stereocenters. The van der Waals surface area contributed by atoms with E-state index in [1.54, 1.807) is 12.5 Å². The molecule has 0 saturated carbocycles. The molecule has 1 saturated heterocycles. The molecule has 3 rings (SSSR count). The summed E-state index contributed by atoms with van der Waals surface area (Å²) in [5.41, 5.74) is -0.131. The number of carbonyl (C=O) groups is 1. The predicted octanol–water partition coefficient (Wildman–Crippen LogP) is 2.95. The second kappa shape index (κ2) is 8.96. The Balaban J connectivity index is 1.64. The van der Waals surface area contributed by atoms with Crippen LogP contribution in [0.15, 0.2) is 36.9 Å². The number of urea groups is 1. The van der Waals surface area contributed by atoms with Crippen molar-refractivity contribution in [3.63, 3.8) is 0 Å². The van der Waals surface area contributed by atoms with Crippen molar-refractivity contribution < 1.29 is 22.7 Å². The quantitative estimate of drug-likeness (QED) is 0.736. The Morgan fingerprint density at radius 3 is 2.71 bits per heavy atom. The van der Waals surface area contributed by atoms with Crippen LogP contribution >= 0.6 is 0 Å². The van der Waals surface area contributed by atoms with Gasteiger partial charge in [-0.05, 0) is 24.6 Å². The van der Waals surface area contributed by atoms with Gasteiger partial charge in [-0.15, -0.1) is 0 Å². The highest BCUT2D eigenvalue weighted by Gasteiger charge is 2.31. The van der Waals surface area contributed by atoms with Crippen LogP contribution in [-0.2, 0) is 17.5 Å². The number of morpholine rings is 1. The topological polar surface area (TPSA) is 71.4 Å². The number of aromatic nitrogens is 2. The third-order valence-electron chi connectivity index (χ3n) is 4.36. The summed E-state index contributed by atoms with van der Waals surface area (Å²) < 4.78 is 46.4. The maximum atomic E-state index is 13.1. The molecule has 0 spiro atoms. The van der Waals surface area contributed by atoms with Crippen LogP contribution in [0.25, 0.3) is 0 Å². The van der Waals surface area contributed by atoms with Gasteiger partial charge in [0.2, 0.25) is 0 Å². The van der Waals surface area contributed by atoms with Gasteiger partial charge in [-0.3, -0.25) is 0 Å². The third-order valence-corrected chi connectivity index (χ3v) is 4.36. The summed E-state index contributed by atoms with van der Waals surface area (Å²) in [6.07, 6.45) is 1.35. The maximum Gasteiger partial charge on any atom is 0.416 e. The van der Waals surface area contributed by atoms with Gasteiger partial charge < -0.3 is 24.8 Å². The van der Waals surface area contributed by atoms with E-state index < -0.39 is 17.8 Å². The fourth-order valence-corrected chi connectivity index (χ4v) is 2.94. The number of hydrogen-bond acceptors (Lipinski definition) is 4. The van der Waals surface area contributed by atoms with Crippen molar-refractivity contribution in [2.24, 2.45) is 0 Å². The Morgan fingerprint density at radius 1 is 1.25 bits per heavy atom. The Labute approximate surface area is 160 Å². The molecule has 2 aromatic rings. The summed E-state index contributed by atoms with van der Waals surface area (Å²) >= 11 is 0. The average Bonchev–Trinajstić information content (AvgIpc) is 3.19. The minimum Gasteiger partial charge on any atom is -0.378 e. The number of halogens is 3. The summed E-state index contributed by atoms with van der Waals surface area (Å²) in [5.74, 6) is 0. The standard InChI is InChI=1S/C18H22F3N5O2/c19-18(20,21)14-2-3-16(26-8-10-28-11-9-26)15(12-14)24-17(27)23-4-1-6-25-7-5-22-13-25/h2-3,5,7,12-13H,1,4,6,8-11H2,(H2,23,24,27). The lowest BCUT2D eigenvalue weighted by atomic mass is 10.1. The SMILES string of the molecule is O=C(NCCCn1ccnc1)Nc1cc(C(F)(F)F)ccc1N1CCOCC1. The number of benzene rings is 1. The lowest BCUT2D eigenvalue weighted by Gasteiger charge is -2.31. The van der Waals surface area contributed by atoms with E-state index in [1.165, 1.54) is 6.07 Å². The fourth-order valence-electron chi connectivity index (χ4n) is 2.94. The zero-order chi connectivity index (χ0) is 20.0. The summed E-state index contributed by atoms with van der Waals surface area (Å²) in [6.45, 7) is 3.14. The minimum absolute atomic E-state index is 0.129. The number of nitrogens with zero attached hydrogens (tertiary/aromatic N) is 3. The van der Waals surface area contributed by atoms with Gasteiger partial charge in [-0.25, -0.2) is 9.78 Å². The molecule has 0 unspecified atom stereocenters. The van der Waals surface area contributed by atoms with Crippen LogP contribution < -0.4 is 15.5 Å². The minimum atomic E-state index is -4.48. The smallest absolute Gasteiger partial charge is 0.378 e. The van der Waals surface area contributed by atoms with Crippen LogP contribution in [-0.4, -0.2) is 48.4 Å². The van der Waals surface area contributed by atoms with Crippen LogP contribution in [0.1, 0.15) is 12.0 Å². The lowest BCUT2D eigenvalue weighted by Crippen LogP contribution is -2.37. The van der Waals surface area contributed by atoms with Crippen molar-refractivity contribution in [2.45, 2.75) is 19.1 Å². The normalized spacial score (nSPS) is 14.8. The number of amides is 2. The number of alkyl halides is 3. The summed E-state index contributed by atoms with van der Waals surface area (Å²) in [5, 5.41) is 5.24. The number of imidazole rings is 1. The summed E-state index contributed by atoms with van der Waals surface area (Å²) in [6, 6.07) is 2.84. The van der Waals surface area contributed by atoms with E-state index in [0.29, 0.717) is 51.5 Å². The molecule has 1 fully saturated rings. The molecule has 10 heteroatoms. The zero-order valence-electron chi connectivity index (χ0n) is 15.2. The molecule has 152 valence electrons. The van der Waals surface area contributed by atoms with Crippen molar-refractivity contribution in [1.82, 2.24) is 14.9 Å². The van der Waals surface area contributed by atoms with Crippen molar-refractivity contribution in [1.29, 1.82) is 0 Å². The first-order valence-corrected chi connectivity index (χ1v) is 8.98. The second-order valence-electron chi connectivity index (χ2n) is 6.36. The molecule has 7 nitrogen and oxygen atoms in total. The van der Waals surface area contributed by atoms with E-state index >= 15 is 0 Å². The molecule has 2 N–H and O–H groups in total. The molecule has 1 aromatic carbocycles. The van der Waals surface area contributed by atoms with E-state index in [4.69, 9.17) is 4.74 Å². The average molecular weight is 397 g/mol. The van der Waals surface area contributed by atoms with Gasteiger partial charge in [-0.2, -0.15) is 13.2 Å². The molecule has 0 aliphatic carbocycles. The van der Waals surface area contributed by atoms with Gasteiger partial charge in [0, 0.05) is 38.6 Å². The van der Waals surface area contributed by atoms with Crippen LogP contribution in [0, 0.1) is 0 Å². The number of hydrogen-bond donors (Lipinski definition) is 2. The Kier molecular flexibility index (Phi) is 6.40. The number of aryl methyl sites for hydroxylation is 1. The molecule has 1 aromatic heterocycles. The molecular formula is C18H22F3N5O2. The molecular weight excluding hydrogens is 375 g/mol. The van der Waals surface area contributed by atoms with Crippen molar-refractivity contribution in [2.75, 3.05) is 43.1 Å². The van der Waals surface area contributed by atoms with Gasteiger partial charge in [0.15, 0.2) is 0 Å². The van der Waals surface area contributed by atoms with Crippen molar-refractivity contribution in [3.05, 3.63) is 42.5 Å². The summed E-state index contributed by atoms with van der Waals surface area (Å²) in [7, 11) is 0. The van der Waals surface area contributed by atoms with E-state index in [9.17, 15) is 18.0 Å². The van der Waals surface area contributed by atoms with Crippen LogP contribution in [0.4, 0.5) is 29.3 Å². The molecule has 0 radical (unpaired) electrons. The van der Waals surface area contributed by atoms with E-state index in [-0.39, 0.29) is 5.69 Å². The van der Waals surface area contributed by atoms with Gasteiger partial charge in [0.25, 0.3) is 0 Å². The first-order valence-electron chi connectivity index (χ1n) is 8.98. The molecule has 28 heavy (non-hydrogen) atoms. The first-order chi connectivity index (χ1) is 13.4. The van der Waals surface area contributed by atoms with Crippen LogP contribution in [0.2, 0.25) is 0 Å². The molecule has 0 bridgehead atoms. The highest BCUT2D eigenvalue weighted by Crippen LogP contribution is 2.35. The van der Waals surface area contributed by atoms with Gasteiger partial charge >= 0.3 is 12.2 Å². The van der Waals surface area contributed by atoms with Crippen LogP contribution in [0.3, 0.4) is 0 Å². The van der Waals surface area contributed by atoms with Gasteiger partial charge in [-0.1, -0.05) is 0 Å². The highest BCUT2D eigenvalue weighted by molar-refractivity contribution is 5.93. The molecule has 2 heterocycles. The number of anilines is 2. The monoisotopic (exact) mass is 397 g/mol. The Bertz CT molecular complexity index is 774. The molecule has 1 aliphatic rings. The van der Waals surface area contributed by atoms with Crippen molar-refractivity contribution >= 4 is 17.4 Å². The van der Waals surface area contributed by atoms with Gasteiger partial charge in [0.1, 0.15) is 0 Å². The van der Waals surface area contributed by atoms with Crippen LogP contribution in [0.5, 0.6) is 0 Å². The van der Waals surface area contributed by atoms with E-state index in [1.807, 2.05) is 15.7 Å². The number of carbonyl (C=O) groups excluding carboxylic acids is 1. The maximum absolute atomic E-state index is 13.1. The van der Waals surface area contributed by atoms with Gasteiger partial charge in [0.05, 0.1) is 36.5 Å². The van der Waals surface area contributed by atoms with Crippen molar-refractivity contribution in [3.8, 4) is 0 Å². The second-order valence-corrected chi connectivity index (χ2v) is 6.36. The van der Waals surface area contributed by atoms with E-state index in [2.05, 4.69) is 15.6 Å². The fraction of sp³-hybridized carbons (Fsp3) is 0.444. The Hall–Kier alpha value is -2.75. The third kappa shape index (κ3) is 5.38. The number of rotatable bonds is 6. The lowest BCUT2D eigenvalue weighted by molar-refractivity contribution is -0.137. The predicted molar refractivity (Wildman–Crippen MR) is 98.3 cm³/mol. The Morgan fingerprint density at radius 2 is 2.04 bits per heavy atom. The largest absolute Gasteiger partial charge is 0.416 e. The first kappa shape index (κ1) is 20.0.